The van der Waals surface area contributed by atoms with Gasteiger partial charge in [-0.15, -0.1) is 0 Å². The SMILES string of the molecule is CC/C=C\C/C=C\C/C=C\C/C=C\C/C=C\C/C=C\CCC(=O)NCCOP(=O)(CO[C@H](C)Cn1cnc2c(N)ncnc21)OC. The van der Waals surface area contributed by atoms with Crippen LogP contribution in [0.25, 0.3) is 11.2 Å². The maximum absolute atomic E-state index is 12.9. The van der Waals surface area contributed by atoms with Gasteiger partial charge < -0.3 is 29.4 Å². The molecule has 46 heavy (non-hydrogen) atoms. The van der Waals surface area contributed by atoms with Gasteiger partial charge in [-0.2, -0.15) is 0 Å². The van der Waals surface area contributed by atoms with Gasteiger partial charge in [-0.3, -0.25) is 9.36 Å². The van der Waals surface area contributed by atoms with E-state index in [-0.39, 0.29) is 31.5 Å². The van der Waals surface area contributed by atoms with Crippen LogP contribution in [0.4, 0.5) is 5.82 Å². The monoisotopic (exact) mass is 654 g/mol. The third-order valence-corrected chi connectivity index (χ3v) is 8.12. The summed E-state index contributed by atoms with van der Waals surface area (Å²) in [6, 6.07) is 0. The summed E-state index contributed by atoms with van der Waals surface area (Å²) in [6.45, 7) is 4.63. The first-order valence-corrected chi connectivity index (χ1v) is 17.6. The predicted molar refractivity (Wildman–Crippen MR) is 186 cm³/mol. The number of hydrogen-bond donors (Lipinski definition) is 2. The number of amides is 1. The number of anilines is 1. The Balaban J connectivity index is 1.50. The number of nitrogens with one attached hydrogen (secondary N) is 1. The van der Waals surface area contributed by atoms with Crippen molar-refractivity contribution in [3.05, 3.63) is 85.6 Å². The molecule has 12 heteroatoms. The number of aromatic nitrogens is 4. The number of ether oxygens (including phenoxy) is 1. The van der Waals surface area contributed by atoms with E-state index >= 15 is 0 Å². The average molecular weight is 655 g/mol. The summed E-state index contributed by atoms with van der Waals surface area (Å²) >= 11 is 0. The van der Waals surface area contributed by atoms with E-state index in [0.29, 0.717) is 36.4 Å². The molecule has 0 fully saturated rings. The van der Waals surface area contributed by atoms with Crippen molar-refractivity contribution in [2.24, 2.45) is 0 Å². The second-order valence-corrected chi connectivity index (χ2v) is 12.5. The van der Waals surface area contributed by atoms with E-state index in [4.69, 9.17) is 19.5 Å². The topological polar surface area (TPSA) is 143 Å². The molecular formula is C34H51N6O5P. The van der Waals surface area contributed by atoms with Gasteiger partial charge in [0.2, 0.25) is 5.91 Å². The van der Waals surface area contributed by atoms with Crippen LogP contribution in [0.5, 0.6) is 0 Å². The highest BCUT2D eigenvalue weighted by atomic mass is 31.2. The molecule has 2 aromatic heterocycles. The van der Waals surface area contributed by atoms with Gasteiger partial charge in [0, 0.05) is 20.1 Å². The van der Waals surface area contributed by atoms with Gasteiger partial charge in [0.25, 0.3) is 0 Å². The predicted octanol–water partition coefficient (Wildman–Crippen LogP) is 7.22. The molecule has 0 bridgehead atoms. The molecule has 2 rings (SSSR count). The van der Waals surface area contributed by atoms with Gasteiger partial charge >= 0.3 is 7.60 Å². The van der Waals surface area contributed by atoms with E-state index in [1.165, 1.54) is 13.4 Å². The fourth-order valence-electron chi connectivity index (χ4n) is 4.04. The van der Waals surface area contributed by atoms with Crippen molar-refractivity contribution in [1.29, 1.82) is 0 Å². The van der Waals surface area contributed by atoms with Crippen molar-refractivity contribution < 1.29 is 23.1 Å². The lowest BCUT2D eigenvalue weighted by molar-refractivity contribution is -0.121. The second-order valence-electron chi connectivity index (χ2n) is 10.4. The van der Waals surface area contributed by atoms with Gasteiger partial charge in [-0.25, -0.2) is 15.0 Å². The lowest BCUT2D eigenvalue weighted by Crippen LogP contribution is -2.27. The van der Waals surface area contributed by atoms with Crippen LogP contribution in [0.3, 0.4) is 0 Å². The molecule has 1 amide bonds. The number of hydrogen-bond acceptors (Lipinski definition) is 9. The molecule has 2 aromatic rings. The molecule has 0 aliphatic heterocycles. The molecule has 0 radical (unpaired) electrons. The Bertz CT molecular complexity index is 1380. The van der Waals surface area contributed by atoms with Gasteiger partial charge in [0.1, 0.15) is 18.2 Å². The number of nitrogens with two attached hydrogens (primary N) is 1. The minimum atomic E-state index is -3.49. The summed E-state index contributed by atoms with van der Waals surface area (Å²) in [5, 5.41) is 2.77. The van der Waals surface area contributed by atoms with Crippen LogP contribution in [0, 0.1) is 0 Å². The molecule has 0 aromatic carbocycles. The summed E-state index contributed by atoms with van der Waals surface area (Å²) in [7, 11) is -2.18. The Morgan fingerprint density at radius 2 is 1.52 bits per heavy atom. The third-order valence-electron chi connectivity index (χ3n) is 6.53. The van der Waals surface area contributed by atoms with Gasteiger partial charge in [-0.05, 0) is 51.9 Å². The lowest BCUT2D eigenvalue weighted by atomic mass is 10.2. The zero-order valence-corrected chi connectivity index (χ0v) is 28.4. The molecule has 0 saturated carbocycles. The van der Waals surface area contributed by atoms with E-state index < -0.39 is 7.60 Å². The highest BCUT2D eigenvalue weighted by molar-refractivity contribution is 7.53. The Hall–Kier alpha value is -3.63. The second kappa shape index (κ2) is 23.7. The van der Waals surface area contributed by atoms with Crippen molar-refractivity contribution in [3.63, 3.8) is 0 Å². The zero-order chi connectivity index (χ0) is 33.3. The van der Waals surface area contributed by atoms with Gasteiger partial charge in [0.15, 0.2) is 11.5 Å². The van der Waals surface area contributed by atoms with Crippen molar-refractivity contribution in [2.45, 2.75) is 77.9 Å². The third kappa shape index (κ3) is 16.6. The summed E-state index contributed by atoms with van der Waals surface area (Å²) < 4.78 is 31.0. The molecule has 0 spiro atoms. The molecule has 2 atom stereocenters. The van der Waals surface area contributed by atoms with E-state index in [9.17, 15) is 9.36 Å². The summed E-state index contributed by atoms with van der Waals surface area (Å²) in [6.07, 6.45) is 35.0. The minimum absolute atomic E-state index is 0.0386. The molecule has 0 aliphatic carbocycles. The Kier molecular flexibility index (Phi) is 19.8. The standard InChI is InChI=1S/C34H51N6O5P/c1-4-5-6-7-8-9-10-11-12-13-14-15-16-17-18-19-20-21-22-23-31(41)36-24-25-45-46(42,43-3)29-44-30(2)26-40-28-39-32-33(35)37-27-38-34(32)40/h5-6,8-9,11-12,14-15,17-18,20-21,27-28,30H,4,7,10,13,16,19,22-26,29H2,1-3H3,(H,36,41)(H2,35,37,38)/b6-5-,9-8-,12-11-,15-14-,18-17-,21-20-/t30-,46?/m1/s1. The number of nitrogens with zero attached hydrogens (tertiary/aromatic N) is 4. The van der Waals surface area contributed by atoms with Gasteiger partial charge in [-0.1, -0.05) is 79.8 Å². The zero-order valence-electron chi connectivity index (χ0n) is 27.5. The molecular weight excluding hydrogens is 603 g/mol. The number of nitrogen functional groups attached to an aromatic ring is 1. The molecule has 252 valence electrons. The van der Waals surface area contributed by atoms with Crippen molar-refractivity contribution in [1.82, 2.24) is 24.8 Å². The number of carbonyl (C=O) groups excluding carboxylic acids is 1. The van der Waals surface area contributed by atoms with Crippen LogP contribution in [0.1, 0.15) is 65.2 Å². The smallest absolute Gasteiger partial charge is 0.355 e. The van der Waals surface area contributed by atoms with E-state index in [1.54, 1.807) is 10.9 Å². The van der Waals surface area contributed by atoms with E-state index in [0.717, 1.165) is 38.5 Å². The molecule has 0 aliphatic rings. The van der Waals surface area contributed by atoms with Crippen LogP contribution < -0.4 is 11.1 Å². The first-order valence-electron chi connectivity index (χ1n) is 15.9. The lowest BCUT2D eigenvalue weighted by Gasteiger charge is -2.20. The van der Waals surface area contributed by atoms with Crippen molar-refractivity contribution in [2.75, 3.05) is 32.3 Å². The number of allylic oxidation sites excluding steroid dienone is 12. The molecule has 0 saturated heterocycles. The fraction of sp³-hybridized carbons (Fsp3) is 0.471. The number of rotatable bonds is 24. The van der Waals surface area contributed by atoms with Crippen LogP contribution in [-0.2, 0) is 29.7 Å². The normalized spacial score (nSPS) is 14.7. The van der Waals surface area contributed by atoms with Gasteiger partial charge in [0.05, 0.1) is 25.6 Å². The number of imidazole rings is 1. The summed E-state index contributed by atoms with van der Waals surface area (Å²) in [5.41, 5.74) is 6.93. The van der Waals surface area contributed by atoms with Crippen LogP contribution >= 0.6 is 7.60 Å². The Morgan fingerprint density at radius 1 is 0.935 bits per heavy atom. The average Bonchev–Trinajstić information content (AvgIpc) is 3.47. The largest absolute Gasteiger partial charge is 0.382 e. The summed E-state index contributed by atoms with van der Waals surface area (Å²) in [4.78, 5) is 24.5. The van der Waals surface area contributed by atoms with Crippen molar-refractivity contribution in [3.8, 4) is 0 Å². The number of fused-ring (bicyclic) bond motifs is 1. The Morgan fingerprint density at radius 3 is 2.11 bits per heavy atom. The molecule has 1 unspecified atom stereocenters. The summed E-state index contributed by atoms with van der Waals surface area (Å²) in [5.74, 6) is 0.202. The first-order chi connectivity index (χ1) is 22.4. The van der Waals surface area contributed by atoms with E-state index in [1.807, 2.05) is 13.0 Å². The van der Waals surface area contributed by atoms with Crippen molar-refractivity contribution >= 4 is 30.5 Å². The molecule has 3 N–H and O–H groups in total. The van der Waals surface area contributed by atoms with Crippen LogP contribution in [-0.4, -0.2) is 58.1 Å². The van der Waals surface area contributed by atoms with E-state index in [2.05, 4.69) is 94.0 Å². The molecule has 2 heterocycles. The minimum Gasteiger partial charge on any atom is -0.382 e. The Labute approximate surface area is 273 Å². The van der Waals surface area contributed by atoms with Crippen LogP contribution in [0.15, 0.2) is 85.6 Å². The fourth-order valence-corrected chi connectivity index (χ4v) is 5.13. The highest BCUT2D eigenvalue weighted by Gasteiger charge is 2.25. The highest BCUT2D eigenvalue weighted by Crippen LogP contribution is 2.47. The number of carbonyl (C=O) groups is 1. The molecule has 11 nitrogen and oxygen atoms in total. The maximum Gasteiger partial charge on any atom is 0.355 e. The maximum atomic E-state index is 12.9. The quantitative estimate of drug-likeness (QED) is 0.0681. The van der Waals surface area contributed by atoms with Crippen LogP contribution in [0.2, 0.25) is 0 Å². The first kappa shape index (κ1) is 38.6.